The Labute approximate surface area is 332 Å². The number of nitrogens with zero attached hydrogens (tertiary/aromatic N) is 1. The van der Waals surface area contributed by atoms with E-state index < -0.39 is 0 Å². The van der Waals surface area contributed by atoms with Crippen LogP contribution in [0.5, 0.6) is 0 Å². The van der Waals surface area contributed by atoms with Crippen LogP contribution in [-0.2, 0) is 0 Å². The first kappa shape index (κ1) is 32.7. The molecule has 2 atom stereocenters. The number of fused-ring (bicyclic) bond motifs is 9. The Morgan fingerprint density at radius 2 is 1.05 bits per heavy atom. The first-order valence-corrected chi connectivity index (χ1v) is 20.3. The third kappa shape index (κ3) is 5.34. The normalized spacial score (nSPS) is 17.4. The molecule has 12 rings (SSSR count). The molecule has 272 valence electrons. The lowest BCUT2D eigenvalue weighted by molar-refractivity contribution is 0.203. The summed E-state index contributed by atoms with van der Waals surface area (Å²) in [7, 11) is 0. The molecule has 1 saturated heterocycles. The van der Waals surface area contributed by atoms with Crippen LogP contribution in [0.3, 0.4) is 0 Å². The second-order valence-corrected chi connectivity index (χ2v) is 16.1. The van der Waals surface area contributed by atoms with E-state index >= 15 is 0 Å². The largest absolute Gasteiger partial charge is 0.456 e. The predicted octanol–water partition coefficient (Wildman–Crippen LogP) is 12.9. The van der Waals surface area contributed by atoms with E-state index in [4.69, 9.17) is 4.42 Å². The van der Waals surface area contributed by atoms with Gasteiger partial charge in [-0.15, -0.1) is 11.3 Å². The fraction of sp³-hybridized carbons (Fsp3) is 0.0588. The lowest BCUT2D eigenvalue weighted by Crippen LogP contribution is -2.54. The Morgan fingerprint density at radius 1 is 0.421 bits per heavy atom. The monoisotopic (exact) mass is 752 g/mol. The van der Waals surface area contributed by atoms with Crippen LogP contribution in [0.2, 0.25) is 0 Å². The van der Waals surface area contributed by atoms with Crippen molar-refractivity contribution in [2.75, 3.05) is 0 Å². The highest BCUT2D eigenvalue weighted by Crippen LogP contribution is 2.42. The standard InChI is InChI=1S/C51H36N4OS/c1-3-12-31(13-4-1)49-52-50(32-14-5-2-6-15-32)54-51(53-49)34-23-27-46-41(28-34)39-25-22-33(29-47(39)57-46)36-18-11-21-44-48(36)40-26-24-35(30-45(40)56-44)55-42-19-9-7-16-37(42)38-17-8-10-20-43(38)55/h1-30,49-54H. The van der Waals surface area contributed by atoms with Crippen LogP contribution in [0.1, 0.15) is 35.2 Å². The molecular formula is C51H36N4OS. The molecule has 5 nitrogen and oxygen atoms in total. The summed E-state index contributed by atoms with van der Waals surface area (Å²) < 4.78 is 11.5. The van der Waals surface area contributed by atoms with E-state index in [1.165, 1.54) is 69.8 Å². The van der Waals surface area contributed by atoms with Gasteiger partial charge in [0.05, 0.1) is 29.5 Å². The van der Waals surface area contributed by atoms with Gasteiger partial charge >= 0.3 is 0 Å². The van der Waals surface area contributed by atoms with Crippen molar-refractivity contribution >= 4 is 75.3 Å². The summed E-state index contributed by atoms with van der Waals surface area (Å²) >= 11 is 1.85. The highest BCUT2D eigenvalue weighted by Gasteiger charge is 2.30. The fourth-order valence-corrected chi connectivity index (χ4v) is 10.2. The molecule has 3 N–H and O–H groups in total. The number of para-hydroxylation sites is 2. The van der Waals surface area contributed by atoms with Crippen LogP contribution in [0.15, 0.2) is 186 Å². The molecule has 0 bridgehead atoms. The molecule has 6 heteroatoms. The first-order valence-electron chi connectivity index (χ1n) is 19.5. The molecule has 0 saturated carbocycles. The molecule has 0 aliphatic carbocycles. The molecule has 0 radical (unpaired) electrons. The summed E-state index contributed by atoms with van der Waals surface area (Å²) in [5, 5.41) is 18.8. The van der Waals surface area contributed by atoms with E-state index in [-0.39, 0.29) is 18.5 Å². The van der Waals surface area contributed by atoms with Crippen LogP contribution < -0.4 is 16.0 Å². The van der Waals surface area contributed by atoms with Gasteiger partial charge in [0.25, 0.3) is 0 Å². The van der Waals surface area contributed by atoms with Crippen molar-refractivity contribution in [1.29, 1.82) is 0 Å². The summed E-state index contributed by atoms with van der Waals surface area (Å²) in [6.07, 6.45) is -0.0769. The van der Waals surface area contributed by atoms with Gasteiger partial charge in [-0.1, -0.05) is 127 Å². The van der Waals surface area contributed by atoms with Gasteiger partial charge in [-0.3, -0.25) is 16.0 Å². The predicted molar refractivity (Wildman–Crippen MR) is 237 cm³/mol. The number of aromatic nitrogens is 1. The van der Waals surface area contributed by atoms with Crippen molar-refractivity contribution in [2.24, 2.45) is 0 Å². The smallest absolute Gasteiger partial charge is 0.137 e. The van der Waals surface area contributed by atoms with Gasteiger partial charge in [0, 0.05) is 53.5 Å². The molecule has 3 aromatic heterocycles. The molecular weight excluding hydrogens is 717 g/mol. The Bertz CT molecular complexity index is 3210. The van der Waals surface area contributed by atoms with Crippen LogP contribution in [0.4, 0.5) is 0 Å². The molecule has 11 aromatic rings. The Morgan fingerprint density at radius 3 is 1.75 bits per heavy atom. The molecule has 2 unspecified atom stereocenters. The molecule has 4 heterocycles. The third-order valence-corrected chi connectivity index (χ3v) is 12.9. The van der Waals surface area contributed by atoms with Crippen LogP contribution in [-0.4, -0.2) is 4.57 Å². The summed E-state index contributed by atoms with van der Waals surface area (Å²) in [5.41, 5.74) is 11.3. The Balaban J connectivity index is 0.922. The van der Waals surface area contributed by atoms with Gasteiger partial charge in [0.2, 0.25) is 0 Å². The lowest BCUT2D eigenvalue weighted by Gasteiger charge is -2.39. The highest BCUT2D eigenvalue weighted by atomic mass is 32.1. The topological polar surface area (TPSA) is 54.2 Å². The number of hydrogen-bond donors (Lipinski definition) is 3. The maximum atomic E-state index is 6.63. The van der Waals surface area contributed by atoms with E-state index in [1.54, 1.807) is 0 Å². The van der Waals surface area contributed by atoms with E-state index in [1.807, 2.05) is 11.3 Å². The van der Waals surface area contributed by atoms with Gasteiger partial charge in [0.15, 0.2) is 0 Å². The number of furan rings is 1. The van der Waals surface area contributed by atoms with Crippen LogP contribution >= 0.6 is 11.3 Å². The van der Waals surface area contributed by atoms with E-state index in [0.717, 1.165) is 27.6 Å². The molecule has 0 amide bonds. The van der Waals surface area contributed by atoms with E-state index in [0.29, 0.717) is 0 Å². The lowest BCUT2D eigenvalue weighted by atomic mass is 9.98. The van der Waals surface area contributed by atoms with Crippen molar-refractivity contribution in [2.45, 2.75) is 18.5 Å². The summed E-state index contributed by atoms with van der Waals surface area (Å²) in [6, 6.07) is 65.5. The van der Waals surface area contributed by atoms with Crippen molar-refractivity contribution in [1.82, 2.24) is 20.5 Å². The number of rotatable bonds is 5. The number of thiophene rings is 1. The number of benzene rings is 8. The maximum Gasteiger partial charge on any atom is 0.137 e. The average molecular weight is 753 g/mol. The van der Waals surface area contributed by atoms with Crippen molar-refractivity contribution in [3.05, 3.63) is 199 Å². The maximum absolute atomic E-state index is 6.63. The zero-order chi connectivity index (χ0) is 37.5. The summed E-state index contributed by atoms with van der Waals surface area (Å²) in [6.45, 7) is 0. The second-order valence-electron chi connectivity index (χ2n) is 15.0. The van der Waals surface area contributed by atoms with E-state index in [9.17, 15) is 0 Å². The molecule has 8 aromatic carbocycles. The van der Waals surface area contributed by atoms with Gasteiger partial charge < -0.3 is 8.98 Å². The summed E-state index contributed by atoms with van der Waals surface area (Å²) in [5.74, 6) is 0. The third-order valence-electron chi connectivity index (χ3n) is 11.7. The van der Waals surface area contributed by atoms with Gasteiger partial charge in [-0.05, 0) is 76.3 Å². The second kappa shape index (κ2) is 13.0. The zero-order valence-electron chi connectivity index (χ0n) is 30.8. The number of hydrogen-bond acceptors (Lipinski definition) is 5. The Hall–Kier alpha value is -6.54. The molecule has 57 heavy (non-hydrogen) atoms. The molecule has 1 aliphatic rings. The zero-order valence-corrected chi connectivity index (χ0v) is 31.6. The van der Waals surface area contributed by atoms with E-state index in [2.05, 4.69) is 203 Å². The van der Waals surface area contributed by atoms with Crippen LogP contribution in [0.25, 0.3) is 80.7 Å². The molecule has 0 spiro atoms. The summed E-state index contributed by atoms with van der Waals surface area (Å²) in [4.78, 5) is 0. The highest BCUT2D eigenvalue weighted by molar-refractivity contribution is 7.25. The van der Waals surface area contributed by atoms with Crippen molar-refractivity contribution in [3.63, 3.8) is 0 Å². The van der Waals surface area contributed by atoms with Crippen molar-refractivity contribution in [3.8, 4) is 16.8 Å². The minimum absolute atomic E-state index is 0.0120. The van der Waals surface area contributed by atoms with Crippen LogP contribution in [0, 0.1) is 0 Å². The van der Waals surface area contributed by atoms with Crippen molar-refractivity contribution < 1.29 is 4.42 Å². The average Bonchev–Trinajstić information content (AvgIpc) is 3.95. The fourth-order valence-electron chi connectivity index (χ4n) is 9.05. The SMILES string of the molecule is c1ccc(C2NC(c3ccccc3)NC(c3ccc4sc5cc(-c6cccc7oc8cc(-n9c%10ccccc%10c%10ccccc%109)ccc8c67)ccc5c4c3)N2)cc1. The number of nitrogens with one attached hydrogen (secondary N) is 3. The first-order chi connectivity index (χ1) is 28.2. The minimum atomic E-state index is -0.0530. The molecule has 1 aliphatic heterocycles. The molecule has 1 fully saturated rings. The Kier molecular flexibility index (Phi) is 7.46. The van der Waals surface area contributed by atoms with Gasteiger partial charge in [0.1, 0.15) is 11.2 Å². The quantitative estimate of drug-likeness (QED) is 0.164. The van der Waals surface area contributed by atoms with Gasteiger partial charge in [-0.25, -0.2) is 0 Å². The minimum Gasteiger partial charge on any atom is -0.456 e. The van der Waals surface area contributed by atoms with Gasteiger partial charge in [-0.2, -0.15) is 0 Å².